The van der Waals surface area contributed by atoms with Crippen LogP contribution in [0.4, 0.5) is 0 Å². The van der Waals surface area contributed by atoms with Gasteiger partial charge in [-0.25, -0.2) is 0 Å². The zero-order chi connectivity index (χ0) is 10.3. The summed E-state index contributed by atoms with van der Waals surface area (Å²) in [7, 11) is 0. The SMILES string of the molecule is CC1CCC(C)C2(CC(=O)OC2=O)C1. The molecule has 78 valence electrons. The van der Waals surface area contributed by atoms with Gasteiger partial charge in [0, 0.05) is 0 Å². The molecular formula is C11H16O3. The molecule has 1 saturated heterocycles. The van der Waals surface area contributed by atoms with E-state index in [2.05, 4.69) is 13.8 Å². The zero-order valence-corrected chi connectivity index (χ0v) is 8.71. The Hall–Kier alpha value is -0.860. The van der Waals surface area contributed by atoms with Gasteiger partial charge in [-0.1, -0.05) is 20.3 Å². The van der Waals surface area contributed by atoms with Crippen LogP contribution in [-0.2, 0) is 14.3 Å². The Bertz CT molecular complexity index is 284. The van der Waals surface area contributed by atoms with Gasteiger partial charge in [0.05, 0.1) is 11.8 Å². The molecule has 1 heterocycles. The maximum Gasteiger partial charge on any atom is 0.320 e. The minimum atomic E-state index is -0.477. The molecule has 0 amide bonds. The predicted octanol–water partition coefficient (Wildman–Crippen LogP) is 1.90. The van der Waals surface area contributed by atoms with Gasteiger partial charge >= 0.3 is 11.9 Å². The third-order valence-electron chi connectivity index (χ3n) is 3.82. The molecule has 3 atom stereocenters. The van der Waals surface area contributed by atoms with E-state index in [0.717, 1.165) is 19.3 Å². The molecule has 2 rings (SSSR count). The van der Waals surface area contributed by atoms with Gasteiger partial charge in [0.15, 0.2) is 0 Å². The van der Waals surface area contributed by atoms with Crippen molar-refractivity contribution in [1.82, 2.24) is 0 Å². The van der Waals surface area contributed by atoms with Crippen molar-refractivity contribution in [3.8, 4) is 0 Å². The third-order valence-corrected chi connectivity index (χ3v) is 3.82. The van der Waals surface area contributed by atoms with E-state index in [0.29, 0.717) is 12.3 Å². The molecule has 2 aliphatic rings. The Morgan fingerprint density at radius 1 is 1.29 bits per heavy atom. The molecule has 1 spiro atoms. The van der Waals surface area contributed by atoms with Crippen LogP contribution in [0.1, 0.15) is 39.5 Å². The van der Waals surface area contributed by atoms with Crippen molar-refractivity contribution in [3.05, 3.63) is 0 Å². The molecule has 1 aliphatic carbocycles. The van der Waals surface area contributed by atoms with Crippen LogP contribution in [0.2, 0.25) is 0 Å². The summed E-state index contributed by atoms with van der Waals surface area (Å²) in [5.41, 5.74) is -0.477. The van der Waals surface area contributed by atoms with E-state index in [-0.39, 0.29) is 17.9 Å². The van der Waals surface area contributed by atoms with Crippen molar-refractivity contribution in [2.75, 3.05) is 0 Å². The molecule has 0 aromatic carbocycles. The number of hydrogen-bond donors (Lipinski definition) is 0. The molecular weight excluding hydrogens is 180 g/mol. The van der Waals surface area contributed by atoms with Crippen molar-refractivity contribution >= 4 is 11.9 Å². The topological polar surface area (TPSA) is 43.4 Å². The fourth-order valence-corrected chi connectivity index (χ4v) is 2.84. The third kappa shape index (κ3) is 1.26. The van der Waals surface area contributed by atoms with Gasteiger partial charge in [-0.3, -0.25) is 9.59 Å². The molecule has 0 aromatic rings. The molecule has 1 aliphatic heterocycles. The minimum absolute atomic E-state index is 0.276. The molecule has 0 aromatic heterocycles. The number of carbonyl (C=O) groups is 2. The summed E-state index contributed by atoms with van der Waals surface area (Å²) in [6, 6.07) is 0. The highest BCUT2D eigenvalue weighted by molar-refractivity contribution is 5.97. The second kappa shape index (κ2) is 3.07. The molecule has 14 heavy (non-hydrogen) atoms. The van der Waals surface area contributed by atoms with E-state index in [1.165, 1.54) is 0 Å². The first-order valence-electron chi connectivity index (χ1n) is 5.30. The largest absolute Gasteiger partial charge is 0.393 e. The van der Waals surface area contributed by atoms with E-state index in [9.17, 15) is 9.59 Å². The average Bonchev–Trinajstić information content (AvgIpc) is 2.36. The van der Waals surface area contributed by atoms with Gasteiger partial charge in [0.25, 0.3) is 0 Å². The lowest BCUT2D eigenvalue weighted by atomic mass is 9.63. The quantitative estimate of drug-likeness (QED) is 0.439. The molecule has 3 nitrogen and oxygen atoms in total. The van der Waals surface area contributed by atoms with E-state index < -0.39 is 5.41 Å². The van der Waals surface area contributed by atoms with Gasteiger partial charge in [-0.05, 0) is 24.7 Å². The standard InChI is InChI=1S/C11H16O3/c1-7-3-4-8(2)11(5-7)6-9(12)14-10(11)13/h7-8H,3-6H2,1-2H3. The summed E-state index contributed by atoms with van der Waals surface area (Å²) in [5, 5.41) is 0. The van der Waals surface area contributed by atoms with E-state index in [1.807, 2.05) is 0 Å². The van der Waals surface area contributed by atoms with Gasteiger partial charge in [0.2, 0.25) is 0 Å². The molecule has 3 unspecified atom stereocenters. The molecule has 1 saturated carbocycles. The number of ether oxygens (including phenoxy) is 1. The maximum atomic E-state index is 11.7. The van der Waals surface area contributed by atoms with E-state index >= 15 is 0 Å². The van der Waals surface area contributed by atoms with Crippen LogP contribution >= 0.6 is 0 Å². The number of hydrogen-bond acceptors (Lipinski definition) is 3. The van der Waals surface area contributed by atoms with Crippen molar-refractivity contribution in [1.29, 1.82) is 0 Å². The van der Waals surface area contributed by atoms with Crippen molar-refractivity contribution in [3.63, 3.8) is 0 Å². The smallest absolute Gasteiger partial charge is 0.320 e. The number of cyclic esters (lactones) is 2. The number of rotatable bonds is 0. The van der Waals surface area contributed by atoms with Crippen molar-refractivity contribution in [2.24, 2.45) is 17.3 Å². The maximum absolute atomic E-state index is 11.7. The lowest BCUT2D eigenvalue weighted by Gasteiger charge is -2.38. The average molecular weight is 196 g/mol. The summed E-state index contributed by atoms with van der Waals surface area (Å²) < 4.78 is 4.70. The molecule has 3 heteroatoms. The monoisotopic (exact) mass is 196 g/mol. The lowest BCUT2D eigenvalue weighted by Crippen LogP contribution is -2.39. The van der Waals surface area contributed by atoms with Crippen LogP contribution in [0.3, 0.4) is 0 Å². The van der Waals surface area contributed by atoms with Crippen LogP contribution < -0.4 is 0 Å². The first kappa shape index (κ1) is 9.69. The number of esters is 2. The van der Waals surface area contributed by atoms with Crippen LogP contribution in [-0.4, -0.2) is 11.9 Å². The van der Waals surface area contributed by atoms with Crippen LogP contribution in [0.25, 0.3) is 0 Å². The van der Waals surface area contributed by atoms with Crippen LogP contribution in [0, 0.1) is 17.3 Å². The molecule has 0 N–H and O–H groups in total. The second-order valence-electron chi connectivity index (χ2n) is 4.88. The summed E-state index contributed by atoms with van der Waals surface area (Å²) in [6.45, 7) is 4.20. The lowest BCUT2D eigenvalue weighted by molar-refractivity contribution is -0.157. The normalized spacial score (nSPS) is 43.0. The summed E-state index contributed by atoms with van der Waals surface area (Å²) in [5.74, 6) is 0.208. The highest BCUT2D eigenvalue weighted by atomic mass is 16.6. The summed E-state index contributed by atoms with van der Waals surface area (Å²) >= 11 is 0. The molecule has 0 radical (unpaired) electrons. The summed E-state index contributed by atoms with van der Waals surface area (Å²) in [6.07, 6.45) is 3.31. The first-order valence-corrected chi connectivity index (χ1v) is 5.30. The van der Waals surface area contributed by atoms with Gasteiger partial charge in [0.1, 0.15) is 0 Å². The van der Waals surface area contributed by atoms with Crippen LogP contribution in [0.15, 0.2) is 0 Å². The minimum Gasteiger partial charge on any atom is -0.393 e. The van der Waals surface area contributed by atoms with Crippen molar-refractivity contribution in [2.45, 2.75) is 39.5 Å². The zero-order valence-electron chi connectivity index (χ0n) is 8.71. The second-order valence-corrected chi connectivity index (χ2v) is 4.88. The molecule has 2 fully saturated rings. The Balaban J connectivity index is 2.28. The molecule has 0 bridgehead atoms. The Kier molecular flexibility index (Phi) is 2.13. The Labute approximate surface area is 83.8 Å². The van der Waals surface area contributed by atoms with E-state index in [4.69, 9.17) is 4.74 Å². The van der Waals surface area contributed by atoms with Crippen molar-refractivity contribution < 1.29 is 14.3 Å². The summed E-state index contributed by atoms with van der Waals surface area (Å²) in [4.78, 5) is 22.8. The van der Waals surface area contributed by atoms with Gasteiger partial charge in [-0.15, -0.1) is 0 Å². The predicted molar refractivity (Wildman–Crippen MR) is 50.3 cm³/mol. The Morgan fingerprint density at radius 3 is 2.57 bits per heavy atom. The fraction of sp³-hybridized carbons (Fsp3) is 0.818. The highest BCUT2D eigenvalue weighted by Crippen LogP contribution is 2.49. The number of carbonyl (C=O) groups excluding carboxylic acids is 2. The highest BCUT2D eigenvalue weighted by Gasteiger charge is 2.54. The van der Waals surface area contributed by atoms with Crippen LogP contribution in [0.5, 0.6) is 0 Å². The van der Waals surface area contributed by atoms with Gasteiger partial charge in [-0.2, -0.15) is 0 Å². The van der Waals surface area contributed by atoms with E-state index in [1.54, 1.807) is 0 Å². The fourth-order valence-electron chi connectivity index (χ4n) is 2.84. The van der Waals surface area contributed by atoms with Gasteiger partial charge < -0.3 is 4.74 Å². The Morgan fingerprint density at radius 2 is 2.00 bits per heavy atom. The first-order chi connectivity index (χ1) is 6.54.